The smallest absolute Gasteiger partial charge is 0.339 e. The minimum Gasteiger partial charge on any atom is -0.465 e. The first-order valence-electron chi connectivity index (χ1n) is 8.47. The molecule has 0 fully saturated rings. The molecule has 0 heterocycles. The first-order chi connectivity index (χ1) is 13.1. The van der Waals surface area contributed by atoms with E-state index in [0.29, 0.717) is 16.8 Å². The highest BCUT2D eigenvalue weighted by Crippen LogP contribution is 2.23. The van der Waals surface area contributed by atoms with Crippen molar-refractivity contribution in [1.29, 1.82) is 0 Å². The fraction of sp³-hybridized carbons (Fsp3) is 0.0909. The van der Waals surface area contributed by atoms with E-state index in [-0.39, 0.29) is 5.91 Å². The molecule has 0 aliphatic heterocycles. The standard InChI is InChI=1S/C22H20N2O3/c1-24(18-8-4-3-5-9-18)21(25)16-12-14-17(15-13-16)23-20-11-7-6-10-19(20)22(26)27-2/h3-15,23H,1-2H3. The number of benzene rings is 3. The number of anilines is 3. The van der Waals surface area contributed by atoms with E-state index in [1.807, 2.05) is 36.4 Å². The number of carbonyl (C=O) groups is 2. The van der Waals surface area contributed by atoms with Gasteiger partial charge in [0.05, 0.1) is 18.4 Å². The second-order valence-corrected chi connectivity index (χ2v) is 5.94. The molecule has 0 aliphatic carbocycles. The lowest BCUT2D eigenvalue weighted by molar-refractivity contribution is 0.0601. The molecule has 5 nitrogen and oxygen atoms in total. The van der Waals surface area contributed by atoms with Gasteiger partial charge in [0.2, 0.25) is 0 Å². The zero-order valence-electron chi connectivity index (χ0n) is 15.2. The molecule has 0 radical (unpaired) electrons. The zero-order valence-corrected chi connectivity index (χ0v) is 15.2. The largest absolute Gasteiger partial charge is 0.465 e. The van der Waals surface area contributed by atoms with Crippen LogP contribution in [0.1, 0.15) is 20.7 Å². The molecule has 3 aromatic carbocycles. The number of carbonyl (C=O) groups excluding carboxylic acids is 2. The molecule has 136 valence electrons. The minimum atomic E-state index is -0.408. The van der Waals surface area contributed by atoms with Crippen molar-refractivity contribution in [3.63, 3.8) is 0 Å². The van der Waals surface area contributed by atoms with E-state index in [2.05, 4.69) is 5.32 Å². The molecule has 3 aromatic rings. The van der Waals surface area contributed by atoms with Gasteiger partial charge in [-0.2, -0.15) is 0 Å². The van der Waals surface area contributed by atoms with E-state index in [9.17, 15) is 9.59 Å². The van der Waals surface area contributed by atoms with Gasteiger partial charge in [-0.3, -0.25) is 4.79 Å². The van der Waals surface area contributed by atoms with Gasteiger partial charge in [-0.15, -0.1) is 0 Å². The number of hydrogen-bond donors (Lipinski definition) is 1. The van der Waals surface area contributed by atoms with Crippen molar-refractivity contribution in [3.8, 4) is 0 Å². The van der Waals surface area contributed by atoms with Crippen LogP contribution in [0.2, 0.25) is 0 Å². The van der Waals surface area contributed by atoms with Crippen molar-refractivity contribution < 1.29 is 14.3 Å². The van der Waals surface area contributed by atoms with E-state index in [1.54, 1.807) is 54.4 Å². The lowest BCUT2D eigenvalue weighted by Crippen LogP contribution is -2.26. The molecule has 0 bridgehead atoms. The Morgan fingerprint density at radius 2 is 1.48 bits per heavy atom. The Morgan fingerprint density at radius 3 is 2.15 bits per heavy atom. The third-order valence-corrected chi connectivity index (χ3v) is 4.19. The van der Waals surface area contributed by atoms with E-state index < -0.39 is 5.97 Å². The number of ether oxygens (including phenoxy) is 1. The second kappa shape index (κ2) is 8.19. The van der Waals surface area contributed by atoms with Gasteiger partial charge < -0.3 is 15.0 Å². The summed E-state index contributed by atoms with van der Waals surface area (Å²) in [5, 5.41) is 3.19. The number of nitrogens with zero attached hydrogens (tertiary/aromatic N) is 1. The van der Waals surface area contributed by atoms with E-state index in [4.69, 9.17) is 4.74 Å². The molecular weight excluding hydrogens is 340 g/mol. The second-order valence-electron chi connectivity index (χ2n) is 5.94. The molecule has 1 N–H and O–H groups in total. The first-order valence-corrected chi connectivity index (χ1v) is 8.47. The van der Waals surface area contributed by atoms with Gasteiger partial charge in [0.25, 0.3) is 5.91 Å². The van der Waals surface area contributed by atoms with Gasteiger partial charge in [-0.05, 0) is 48.5 Å². The molecule has 0 saturated heterocycles. The highest BCUT2D eigenvalue weighted by molar-refractivity contribution is 6.06. The molecule has 27 heavy (non-hydrogen) atoms. The number of hydrogen-bond acceptors (Lipinski definition) is 4. The maximum Gasteiger partial charge on any atom is 0.339 e. The molecule has 1 amide bonds. The van der Waals surface area contributed by atoms with Crippen LogP contribution < -0.4 is 10.2 Å². The minimum absolute atomic E-state index is 0.0947. The van der Waals surface area contributed by atoms with Crippen molar-refractivity contribution in [2.75, 3.05) is 24.4 Å². The number of rotatable bonds is 5. The summed E-state index contributed by atoms with van der Waals surface area (Å²) in [6, 6.07) is 23.7. The third kappa shape index (κ3) is 4.15. The van der Waals surface area contributed by atoms with E-state index in [1.165, 1.54) is 7.11 Å². The average Bonchev–Trinajstić information content (AvgIpc) is 2.73. The lowest BCUT2D eigenvalue weighted by Gasteiger charge is -2.17. The van der Waals surface area contributed by atoms with Gasteiger partial charge >= 0.3 is 5.97 Å². The van der Waals surface area contributed by atoms with Gasteiger partial charge in [0.15, 0.2) is 0 Å². The van der Waals surface area contributed by atoms with Crippen LogP contribution in [0.4, 0.5) is 17.1 Å². The molecule has 0 spiro atoms. The Balaban J connectivity index is 1.77. The normalized spacial score (nSPS) is 10.1. The van der Waals surface area contributed by atoms with Crippen molar-refractivity contribution >= 4 is 28.9 Å². The van der Waals surface area contributed by atoms with Crippen molar-refractivity contribution in [1.82, 2.24) is 0 Å². The topological polar surface area (TPSA) is 58.6 Å². The van der Waals surface area contributed by atoms with Crippen molar-refractivity contribution in [2.24, 2.45) is 0 Å². The summed E-state index contributed by atoms with van der Waals surface area (Å²) in [5.41, 5.74) is 3.27. The number of methoxy groups -OCH3 is 1. The predicted molar refractivity (Wildman–Crippen MR) is 107 cm³/mol. The van der Waals surface area contributed by atoms with Crippen LogP contribution in [0.3, 0.4) is 0 Å². The molecule has 3 rings (SSSR count). The predicted octanol–water partition coefficient (Wildman–Crippen LogP) is 4.49. The molecule has 0 unspecified atom stereocenters. The molecular formula is C22H20N2O3. The van der Waals surface area contributed by atoms with Gasteiger partial charge in [0, 0.05) is 24.0 Å². The Bertz CT molecular complexity index is 937. The maximum absolute atomic E-state index is 12.6. The Labute approximate surface area is 158 Å². The van der Waals surface area contributed by atoms with Gasteiger partial charge in [0.1, 0.15) is 0 Å². The number of esters is 1. The molecule has 5 heteroatoms. The summed E-state index contributed by atoms with van der Waals surface area (Å²) >= 11 is 0. The van der Waals surface area contributed by atoms with Crippen LogP contribution in [0, 0.1) is 0 Å². The summed E-state index contributed by atoms with van der Waals surface area (Å²) in [6.07, 6.45) is 0. The van der Waals surface area contributed by atoms with Gasteiger partial charge in [-0.25, -0.2) is 4.79 Å². The zero-order chi connectivity index (χ0) is 19.2. The van der Waals surface area contributed by atoms with Gasteiger partial charge in [-0.1, -0.05) is 30.3 Å². The quantitative estimate of drug-likeness (QED) is 0.681. The SMILES string of the molecule is COC(=O)c1ccccc1Nc1ccc(C(=O)N(C)c2ccccc2)cc1. The van der Waals surface area contributed by atoms with E-state index in [0.717, 1.165) is 11.4 Å². The molecule has 0 aromatic heterocycles. The van der Waals surface area contributed by atoms with Crippen LogP contribution in [0.15, 0.2) is 78.9 Å². The lowest BCUT2D eigenvalue weighted by atomic mass is 10.1. The number of amides is 1. The summed E-state index contributed by atoms with van der Waals surface area (Å²) < 4.78 is 4.80. The summed E-state index contributed by atoms with van der Waals surface area (Å²) in [4.78, 5) is 26.1. The Kier molecular flexibility index (Phi) is 5.52. The monoisotopic (exact) mass is 360 g/mol. The Morgan fingerprint density at radius 1 is 0.852 bits per heavy atom. The average molecular weight is 360 g/mol. The molecule has 0 saturated carbocycles. The fourth-order valence-electron chi connectivity index (χ4n) is 2.69. The summed E-state index contributed by atoms with van der Waals surface area (Å²) in [7, 11) is 3.10. The highest BCUT2D eigenvalue weighted by atomic mass is 16.5. The number of nitrogens with one attached hydrogen (secondary N) is 1. The van der Waals surface area contributed by atoms with Crippen LogP contribution in [-0.2, 0) is 4.74 Å². The van der Waals surface area contributed by atoms with Crippen molar-refractivity contribution in [2.45, 2.75) is 0 Å². The van der Waals surface area contributed by atoms with Crippen LogP contribution in [0.5, 0.6) is 0 Å². The van der Waals surface area contributed by atoms with Crippen LogP contribution >= 0.6 is 0 Å². The molecule has 0 atom stereocenters. The molecule has 0 aliphatic rings. The maximum atomic E-state index is 12.6. The fourth-order valence-corrected chi connectivity index (χ4v) is 2.69. The third-order valence-electron chi connectivity index (χ3n) is 4.19. The number of para-hydroxylation sites is 2. The first kappa shape index (κ1) is 18.2. The van der Waals surface area contributed by atoms with Crippen molar-refractivity contribution in [3.05, 3.63) is 90.0 Å². The summed E-state index contributed by atoms with van der Waals surface area (Å²) in [6.45, 7) is 0. The highest BCUT2D eigenvalue weighted by Gasteiger charge is 2.14. The Hall–Kier alpha value is -3.60. The van der Waals surface area contributed by atoms with Crippen LogP contribution in [-0.4, -0.2) is 26.0 Å². The van der Waals surface area contributed by atoms with Crippen LogP contribution in [0.25, 0.3) is 0 Å². The summed E-state index contributed by atoms with van der Waals surface area (Å²) in [5.74, 6) is -0.503. The van der Waals surface area contributed by atoms with E-state index >= 15 is 0 Å².